The highest BCUT2D eigenvalue weighted by Gasteiger charge is 2.06. The highest BCUT2D eigenvalue weighted by atomic mass is 32.2. The molecule has 0 aromatic rings. The molecule has 0 aliphatic rings. The fourth-order valence-electron chi connectivity index (χ4n) is 0.226. The van der Waals surface area contributed by atoms with Crippen molar-refractivity contribution in [1.82, 2.24) is 5.32 Å². The first-order valence-corrected chi connectivity index (χ1v) is 3.41. The molecule has 2 N–H and O–H groups in total. The number of carbonyl (C=O) groups excluding carboxylic acids is 1. The van der Waals surface area contributed by atoms with Crippen LogP contribution in [0.25, 0.3) is 0 Å². The van der Waals surface area contributed by atoms with Crippen LogP contribution < -0.4 is 5.32 Å². The van der Waals surface area contributed by atoms with Crippen LogP contribution in [-0.2, 0) is 11.1 Å². The predicted molar refractivity (Wildman–Crippen MR) is 38.6 cm³/mol. The third-order valence-corrected chi connectivity index (χ3v) is 1.09. The van der Waals surface area contributed by atoms with Gasteiger partial charge >= 0.3 is 5.24 Å². The summed E-state index contributed by atoms with van der Waals surface area (Å²) in [5, 5.41) is 1.03. The van der Waals surface area contributed by atoms with E-state index < -0.39 is 16.3 Å². The van der Waals surface area contributed by atoms with Gasteiger partial charge in [-0.15, -0.1) is 0 Å². The second-order valence-electron chi connectivity index (χ2n) is 1.39. The SMILES string of the molecule is C=CC(=C)NC(=O)S(=O)O. The van der Waals surface area contributed by atoms with E-state index >= 15 is 0 Å². The van der Waals surface area contributed by atoms with Crippen molar-refractivity contribution >= 4 is 16.3 Å². The molecule has 0 heterocycles. The molecule has 0 aliphatic carbocycles. The maximum absolute atomic E-state index is 10.3. The van der Waals surface area contributed by atoms with Gasteiger partial charge in [0.2, 0.25) is 11.1 Å². The third kappa shape index (κ3) is 3.16. The Morgan fingerprint density at radius 3 is 2.50 bits per heavy atom. The lowest BCUT2D eigenvalue weighted by Crippen LogP contribution is -2.23. The molecule has 5 heteroatoms. The lowest BCUT2D eigenvalue weighted by molar-refractivity contribution is 0.260. The van der Waals surface area contributed by atoms with Gasteiger partial charge in [-0.1, -0.05) is 13.2 Å². The Morgan fingerprint density at radius 1 is 1.70 bits per heavy atom. The van der Waals surface area contributed by atoms with Crippen molar-refractivity contribution in [3.05, 3.63) is 24.9 Å². The topological polar surface area (TPSA) is 66.4 Å². The third-order valence-electron chi connectivity index (χ3n) is 0.668. The molecule has 0 bridgehead atoms. The Kier molecular flexibility index (Phi) is 3.60. The Balaban J connectivity index is 3.92. The summed E-state index contributed by atoms with van der Waals surface area (Å²) in [6, 6.07) is 0. The number of rotatable bonds is 2. The quantitative estimate of drug-likeness (QED) is 0.460. The number of allylic oxidation sites excluding steroid dienone is 1. The van der Waals surface area contributed by atoms with E-state index in [0.29, 0.717) is 0 Å². The minimum absolute atomic E-state index is 0.201. The number of nitrogens with one attached hydrogen (secondary N) is 1. The molecule has 0 saturated carbocycles. The molecule has 0 aromatic carbocycles. The lowest BCUT2D eigenvalue weighted by Gasteiger charge is -1.97. The summed E-state index contributed by atoms with van der Waals surface area (Å²) in [6.45, 7) is 6.58. The summed E-state index contributed by atoms with van der Waals surface area (Å²) < 4.78 is 18.1. The number of hydrogen-bond donors (Lipinski definition) is 2. The molecule has 0 spiro atoms. The molecule has 0 saturated heterocycles. The van der Waals surface area contributed by atoms with Gasteiger partial charge in [-0.25, -0.2) is 4.21 Å². The lowest BCUT2D eigenvalue weighted by atomic mass is 10.5. The number of carbonyl (C=O) groups is 1. The zero-order valence-electron chi connectivity index (χ0n) is 5.16. The van der Waals surface area contributed by atoms with Gasteiger partial charge in [0.05, 0.1) is 0 Å². The molecule has 1 unspecified atom stereocenters. The average molecular weight is 161 g/mol. The van der Waals surface area contributed by atoms with E-state index in [2.05, 4.69) is 13.2 Å². The molecule has 10 heavy (non-hydrogen) atoms. The summed E-state index contributed by atoms with van der Waals surface area (Å²) in [6.07, 6.45) is 1.27. The second kappa shape index (κ2) is 3.97. The van der Waals surface area contributed by atoms with Crippen LogP contribution >= 0.6 is 0 Å². The normalized spacial score (nSPS) is 11.7. The first-order valence-electron chi connectivity index (χ1n) is 2.31. The molecular formula is C5H7NO3S. The van der Waals surface area contributed by atoms with Crippen molar-refractivity contribution in [2.75, 3.05) is 0 Å². The summed E-state index contributed by atoms with van der Waals surface area (Å²) >= 11 is -2.49. The van der Waals surface area contributed by atoms with Crippen molar-refractivity contribution < 1.29 is 13.6 Å². The minimum atomic E-state index is -2.49. The fourth-order valence-corrected chi connectivity index (χ4v) is 0.444. The van der Waals surface area contributed by atoms with E-state index in [4.69, 9.17) is 4.55 Å². The Labute approximate surface area is 60.9 Å². The van der Waals surface area contributed by atoms with Crippen LogP contribution in [0, 0.1) is 0 Å². The van der Waals surface area contributed by atoms with Gasteiger partial charge in [0, 0.05) is 5.70 Å². The van der Waals surface area contributed by atoms with Crippen LogP contribution in [0.5, 0.6) is 0 Å². The zero-order valence-corrected chi connectivity index (χ0v) is 5.98. The van der Waals surface area contributed by atoms with Gasteiger partial charge in [0.1, 0.15) is 0 Å². The largest absolute Gasteiger partial charge is 0.340 e. The summed E-state index contributed by atoms with van der Waals surface area (Å²) in [5.41, 5.74) is 0.201. The predicted octanol–water partition coefficient (Wildman–Crippen LogP) is 0.617. The first kappa shape index (κ1) is 9.06. The molecule has 0 aliphatic heterocycles. The van der Waals surface area contributed by atoms with Crippen LogP contribution in [0.3, 0.4) is 0 Å². The number of hydrogen-bond acceptors (Lipinski definition) is 2. The molecule has 1 atom stereocenters. The van der Waals surface area contributed by atoms with Crippen molar-refractivity contribution in [2.24, 2.45) is 0 Å². The smallest absolute Gasteiger partial charge is 0.313 e. The molecule has 0 fully saturated rings. The molecule has 0 radical (unpaired) electrons. The highest BCUT2D eigenvalue weighted by molar-refractivity contribution is 7.95. The van der Waals surface area contributed by atoms with E-state index in [1.165, 1.54) is 6.08 Å². The molecule has 0 aromatic heterocycles. The van der Waals surface area contributed by atoms with Gasteiger partial charge in [-0.2, -0.15) is 0 Å². The van der Waals surface area contributed by atoms with Gasteiger partial charge in [-0.05, 0) is 6.08 Å². The molecule has 1 amide bonds. The van der Waals surface area contributed by atoms with Gasteiger partial charge in [0.15, 0.2) is 0 Å². The zero-order chi connectivity index (χ0) is 8.15. The summed E-state index contributed by atoms with van der Waals surface area (Å²) in [5.74, 6) is 0. The first-order chi connectivity index (χ1) is 4.57. The van der Waals surface area contributed by atoms with Gasteiger partial charge in [0.25, 0.3) is 0 Å². The van der Waals surface area contributed by atoms with Crippen molar-refractivity contribution in [2.45, 2.75) is 0 Å². The van der Waals surface area contributed by atoms with Crippen LogP contribution in [0.4, 0.5) is 4.79 Å². The Hall–Kier alpha value is -0.940. The highest BCUT2D eigenvalue weighted by Crippen LogP contribution is 1.86. The monoisotopic (exact) mass is 161 g/mol. The fraction of sp³-hybridized carbons (Fsp3) is 0. The maximum atomic E-state index is 10.3. The van der Waals surface area contributed by atoms with E-state index in [1.54, 1.807) is 0 Å². The van der Waals surface area contributed by atoms with E-state index in [0.717, 1.165) is 0 Å². The number of amides is 1. The van der Waals surface area contributed by atoms with Gasteiger partial charge in [-0.3, -0.25) is 9.35 Å². The van der Waals surface area contributed by atoms with Crippen molar-refractivity contribution in [1.29, 1.82) is 0 Å². The standard InChI is InChI=1S/C5H7NO3S/c1-3-4(2)6-5(7)10(8)9/h3H,1-2H2,(H,6,7)(H,8,9). The summed E-state index contributed by atoms with van der Waals surface area (Å²) in [7, 11) is 0. The maximum Gasteiger partial charge on any atom is 0.340 e. The molecular weight excluding hydrogens is 154 g/mol. The Morgan fingerprint density at radius 2 is 2.20 bits per heavy atom. The molecule has 56 valence electrons. The average Bonchev–Trinajstić information content (AvgIpc) is 1.87. The van der Waals surface area contributed by atoms with E-state index in [1.807, 2.05) is 5.32 Å². The minimum Gasteiger partial charge on any atom is -0.313 e. The summed E-state index contributed by atoms with van der Waals surface area (Å²) in [4.78, 5) is 10.3. The van der Waals surface area contributed by atoms with Crippen LogP contribution in [0.15, 0.2) is 24.9 Å². The second-order valence-corrected chi connectivity index (χ2v) is 2.26. The van der Waals surface area contributed by atoms with Crippen LogP contribution in [0.1, 0.15) is 0 Å². The van der Waals surface area contributed by atoms with E-state index in [9.17, 15) is 9.00 Å². The van der Waals surface area contributed by atoms with Crippen LogP contribution in [-0.4, -0.2) is 14.0 Å². The van der Waals surface area contributed by atoms with Gasteiger partial charge < -0.3 is 5.32 Å². The molecule has 0 rings (SSSR count). The van der Waals surface area contributed by atoms with Crippen LogP contribution in [0.2, 0.25) is 0 Å². The van der Waals surface area contributed by atoms with Crippen molar-refractivity contribution in [3.8, 4) is 0 Å². The Bertz CT molecular complexity index is 199. The molecule has 4 nitrogen and oxygen atoms in total. The van der Waals surface area contributed by atoms with E-state index in [-0.39, 0.29) is 5.70 Å². The van der Waals surface area contributed by atoms with Crippen molar-refractivity contribution in [3.63, 3.8) is 0 Å².